The van der Waals surface area contributed by atoms with Crippen molar-refractivity contribution < 1.29 is 24.2 Å². The molecule has 1 heterocycles. The molecule has 0 aromatic rings. The summed E-state index contributed by atoms with van der Waals surface area (Å²) in [7, 11) is 0. The van der Waals surface area contributed by atoms with E-state index in [9.17, 15) is 19.5 Å². The summed E-state index contributed by atoms with van der Waals surface area (Å²) in [6.07, 6.45) is 8.60. The molecule has 0 saturated heterocycles. The summed E-state index contributed by atoms with van der Waals surface area (Å²) in [6.45, 7) is 3.98. The Kier molecular flexibility index (Phi) is 8.48. The molecule has 3 N–H and O–H groups in total. The van der Waals surface area contributed by atoms with Gasteiger partial charge in [0.2, 0.25) is 11.8 Å². The van der Waals surface area contributed by atoms with Crippen LogP contribution in [0.5, 0.6) is 0 Å². The van der Waals surface area contributed by atoms with Crippen molar-refractivity contribution in [3.63, 3.8) is 0 Å². The lowest BCUT2D eigenvalue weighted by atomic mass is 9.94. The summed E-state index contributed by atoms with van der Waals surface area (Å²) in [5, 5.41) is 15.6. The van der Waals surface area contributed by atoms with Gasteiger partial charge in [0.1, 0.15) is 6.61 Å². The Hall–Kier alpha value is -1.89. The van der Waals surface area contributed by atoms with Gasteiger partial charge >= 0.3 is 5.97 Å². The van der Waals surface area contributed by atoms with Gasteiger partial charge in [-0.05, 0) is 31.6 Å². The van der Waals surface area contributed by atoms with E-state index in [1.165, 1.54) is 0 Å². The average molecular weight is 395 g/mol. The molecule has 2 aliphatic rings. The highest BCUT2D eigenvalue weighted by Crippen LogP contribution is 2.29. The van der Waals surface area contributed by atoms with Gasteiger partial charge in [0.15, 0.2) is 0 Å². The number of nitrogens with one attached hydrogen (secondary N) is 2. The normalized spacial score (nSPS) is 26.1. The lowest BCUT2D eigenvalue weighted by Crippen LogP contribution is -2.51. The van der Waals surface area contributed by atoms with Crippen molar-refractivity contribution in [1.82, 2.24) is 10.6 Å². The lowest BCUT2D eigenvalue weighted by molar-refractivity contribution is -0.145. The zero-order chi connectivity index (χ0) is 20.6. The van der Waals surface area contributed by atoms with Crippen LogP contribution in [0.3, 0.4) is 0 Å². The number of hydrogen-bond acceptors (Lipinski definition) is 5. The summed E-state index contributed by atoms with van der Waals surface area (Å²) >= 11 is 0. The van der Waals surface area contributed by atoms with Gasteiger partial charge in [-0.2, -0.15) is 0 Å². The molecule has 7 nitrogen and oxygen atoms in total. The fourth-order valence-electron chi connectivity index (χ4n) is 3.76. The monoisotopic (exact) mass is 394 g/mol. The third kappa shape index (κ3) is 6.62. The molecule has 2 amide bonds. The van der Waals surface area contributed by atoms with Crippen molar-refractivity contribution in [3.8, 4) is 0 Å². The molecule has 7 heteroatoms. The zero-order valence-corrected chi connectivity index (χ0v) is 17.0. The number of allylic oxidation sites excluding steroid dienone is 2. The summed E-state index contributed by atoms with van der Waals surface area (Å²) in [4.78, 5) is 37.2. The number of rotatable bonds is 5. The van der Waals surface area contributed by atoms with Gasteiger partial charge < -0.3 is 20.5 Å². The number of amides is 2. The van der Waals surface area contributed by atoms with E-state index in [0.29, 0.717) is 19.3 Å². The van der Waals surface area contributed by atoms with E-state index >= 15 is 0 Å². The first kappa shape index (κ1) is 22.4. The number of ether oxygens (including phenoxy) is 1. The predicted molar refractivity (Wildman–Crippen MR) is 105 cm³/mol. The molecule has 28 heavy (non-hydrogen) atoms. The largest absolute Gasteiger partial charge is 0.463 e. The van der Waals surface area contributed by atoms with Gasteiger partial charge in [0, 0.05) is 12.8 Å². The molecule has 0 radical (unpaired) electrons. The van der Waals surface area contributed by atoms with Crippen molar-refractivity contribution in [2.75, 3.05) is 13.2 Å². The highest BCUT2D eigenvalue weighted by molar-refractivity contribution is 5.86. The van der Waals surface area contributed by atoms with Crippen molar-refractivity contribution in [2.45, 2.75) is 76.8 Å². The maximum atomic E-state index is 12.8. The van der Waals surface area contributed by atoms with E-state index in [1.54, 1.807) is 0 Å². The Morgan fingerprint density at radius 2 is 2.04 bits per heavy atom. The molecule has 0 aromatic carbocycles. The molecule has 1 saturated carbocycles. The van der Waals surface area contributed by atoms with Gasteiger partial charge in [0.25, 0.3) is 0 Å². The molecule has 1 fully saturated rings. The SMILES string of the molecule is CC(C)[C@H]1COC(=O)CCC=CC[C@H](CC(=O)NC2(CO)CCCC2)C(=O)N1. The highest BCUT2D eigenvalue weighted by Gasteiger charge is 2.35. The van der Waals surface area contributed by atoms with E-state index in [1.807, 2.05) is 26.0 Å². The molecule has 0 unspecified atom stereocenters. The van der Waals surface area contributed by atoms with Crippen LogP contribution in [0, 0.1) is 11.8 Å². The number of aliphatic hydroxyl groups is 1. The Morgan fingerprint density at radius 3 is 2.68 bits per heavy atom. The van der Waals surface area contributed by atoms with Crippen LogP contribution in [0.1, 0.15) is 65.2 Å². The topological polar surface area (TPSA) is 105 Å². The quantitative estimate of drug-likeness (QED) is 0.487. The van der Waals surface area contributed by atoms with Crippen molar-refractivity contribution in [2.24, 2.45) is 11.8 Å². The highest BCUT2D eigenvalue weighted by atomic mass is 16.5. The number of hydrogen-bond donors (Lipinski definition) is 3. The molecule has 1 aliphatic carbocycles. The third-order valence-electron chi connectivity index (χ3n) is 5.73. The molecule has 0 spiro atoms. The fourth-order valence-corrected chi connectivity index (χ4v) is 3.76. The van der Waals surface area contributed by atoms with E-state index in [4.69, 9.17) is 4.74 Å². The Morgan fingerprint density at radius 1 is 1.32 bits per heavy atom. The van der Waals surface area contributed by atoms with Gasteiger partial charge in [-0.1, -0.05) is 38.8 Å². The second-order valence-corrected chi connectivity index (χ2v) is 8.38. The Balaban J connectivity index is 2.05. The standard InChI is InChI=1S/C21H34N2O5/c1-15(2)17-13-28-19(26)9-5-3-4-8-16(20(27)22-17)12-18(25)23-21(14-24)10-6-7-11-21/h3-4,15-17,24H,5-14H2,1-2H3,(H,22,27)(H,23,25)/t16-,17-/m1/s1. The van der Waals surface area contributed by atoms with Crippen LogP contribution >= 0.6 is 0 Å². The van der Waals surface area contributed by atoms with E-state index in [-0.39, 0.29) is 49.4 Å². The van der Waals surface area contributed by atoms with Crippen LogP contribution in [0.4, 0.5) is 0 Å². The summed E-state index contributed by atoms with van der Waals surface area (Å²) < 4.78 is 5.28. The average Bonchev–Trinajstić information content (AvgIpc) is 3.11. The smallest absolute Gasteiger partial charge is 0.306 e. The second kappa shape index (κ2) is 10.6. The van der Waals surface area contributed by atoms with E-state index in [2.05, 4.69) is 10.6 Å². The summed E-state index contributed by atoms with van der Waals surface area (Å²) in [5.41, 5.74) is -0.538. The zero-order valence-electron chi connectivity index (χ0n) is 17.0. The Bertz CT molecular complexity index is 581. The van der Waals surface area contributed by atoms with Crippen LogP contribution in [0.25, 0.3) is 0 Å². The first-order valence-corrected chi connectivity index (χ1v) is 10.4. The first-order valence-electron chi connectivity index (χ1n) is 10.4. The third-order valence-corrected chi connectivity index (χ3v) is 5.73. The number of carbonyl (C=O) groups excluding carboxylic acids is 3. The molecular weight excluding hydrogens is 360 g/mol. The minimum Gasteiger partial charge on any atom is -0.463 e. The van der Waals surface area contributed by atoms with Crippen LogP contribution in [0.2, 0.25) is 0 Å². The first-order chi connectivity index (χ1) is 13.3. The van der Waals surface area contributed by atoms with E-state index < -0.39 is 11.5 Å². The predicted octanol–water partition coefficient (Wildman–Crippen LogP) is 1.84. The number of cyclic esters (lactones) is 1. The second-order valence-electron chi connectivity index (χ2n) is 8.38. The molecule has 0 aromatic heterocycles. The van der Waals surface area contributed by atoms with Gasteiger partial charge in [-0.3, -0.25) is 14.4 Å². The molecule has 1 aliphatic heterocycles. The maximum Gasteiger partial charge on any atom is 0.306 e. The molecule has 158 valence electrons. The van der Waals surface area contributed by atoms with Crippen molar-refractivity contribution in [3.05, 3.63) is 12.2 Å². The van der Waals surface area contributed by atoms with Crippen molar-refractivity contribution >= 4 is 17.8 Å². The van der Waals surface area contributed by atoms with Crippen LogP contribution in [-0.4, -0.2) is 47.7 Å². The molecule has 0 bridgehead atoms. The van der Waals surface area contributed by atoms with Gasteiger partial charge in [-0.25, -0.2) is 0 Å². The van der Waals surface area contributed by atoms with Gasteiger partial charge in [0.05, 0.1) is 24.1 Å². The minimum absolute atomic E-state index is 0.0720. The summed E-state index contributed by atoms with van der Waals surface area (Å²) in [5.74, 6) is -1.08. The Labute approximate surface area is 167 Å². The fraction of sp³-hybridized carbons (Fsp3) is 0.762. The molecular formula is C21H34N2O5. The lowest BCUT2D eigenvalue weighted by Gasteiger charge is -2.29. The van der Waals surface area contributed by atoms with Crippen LogP contribution < -0.4 is 10.6 Å². The maximum absolute atomic E-state index is 12.8. The van der Waals surface area contributed by atoms with Crippen LogP contribution in [0.15, 0.2) is 12.2 Å². The number of aliphatic hydroxyl groups excluding tert-OH is 1. The molecule has 2 rings (SSSR count). The molecule has 2 atom stereocenters. The van der Waals surface area contributed by atoms with Crippen LogP contribution in [-0.2, 0) is 19.1 Å². The number of carbonyl (C=O) groups is 3. The summed E-state index contributed by atoms with van der Waals surface area (Å²) in [6, 6.07) is -0.288. The van der Waals surface area contributed by atoms with Gasteiger partial charge in [-0.15, -0.1) is 0 Å². The minimum atomic E-state index is -0.538. The van der Waals surface area contributed by atoms with E-state index in [0.717, 1.165) is 25.7 Å². The van der Waals surface area contributed by atoms with Crippen molar-refractivity contribution in [1.29, 1.82) is 0 Å². The number of esters is 1.